The number of piperidine rings is 1. The van der Waals surface area contributed by atoms with E-state index in [1.165, 1.54) is 31.2 Å². The number of nitrogens with zero attached hydrogens (tertiary/aromatic N) is 5. The Bertz CT molecular complexity index is 1160. The van der Waals surface area contributed by atoms with E-state index < -0.39 is 0 Å². The van der Waals surface area contributed by atoms with E-state index >= 15 is 0 Å². The zero-order valence-electron chi connectivity index (χ0n) is 19.5. The lowest BCUT2D eigenvalue weighted by atomic mass is 9.93. The van der Waals surface area contributed by atoms with Gasteiger partial charge in [0.05, 0.1) is 11.6 Å². The minimum atomic E-state index is -0.232. The summed E-state index contributed by atoms with van der Waals surface area (Å²) < 4.78 is 2.03. The number of H-pyrrole nitrogens is 1. The smallest absolute Gasteiger partial charge is 0.253 e. The third-order valence-electron chi connectivity index (χ3n) is 7.61. The molecule has 0 amide bonds. The maximum absolute atomic E-state index is 13.5. The van der Waals surface area contributed by atoms with E-state index in [1.54, 1.807) is 0 Å². The molecule has 2 fully saturated rings. The number of nitrogens with one attached hydrogen (secondary N) is 1. The molecule has 32 heavy (non-hydrogen) atoms. The number of tetrazole rings is 1. The van der Waals surface area contributed by atoms with Crippen molar-refractivity contribution >= 4 is 10.9 Å². The third-order valence-corrected chi connectivity index (χ3v) is 7.61. The molecule has 0 unspecified atom stereocenters. The van der Waals surface area contributed by atoms with Gasteiger partial charge in [0.1, 0.15) is 6.04 Å². The van der Waals surface area contributed by atoms with Gasteiger partial charge in [0.25, 0.3) is 5.56 Å². The highest BCUT2D eigenvalue weighted by Gasteiger charge is 2.34. The number of likely N-dealkylation sites (tertiary alicyclic amines) is 1. The number of pyridine rings is 1. The summed E-state index contributed by atoms with van der Waals surface area (Å²) in [5, 5.41) is 14.1. The first-order valence-corrected chi connectivity index (χ1v) is 12.2. The molecule has 2 aromatic heterocycles. The maximum atomic E-state index is 13.5. The number of fused-ring (bicyclic) bond motifs is 1. The van der Waals surface area contributed by atoms with E-state index in [1.807, 2.05) is 4.68 Å². The van der Waals surface area contributed by atoms with Gasteiger partial charge in [-0.3, -0.25) is 9.69 Å². The van der Waals surface area contributed by atoms with Crippen molar-refractivity contribution in [2.75, 3.05) is 13.1 Å². The third kappa shape index (κ3) is 3.87. The maximum Gasteiger partial charge on any atom is 0.253 e. The molecule has 7 heteroatoms. The van der Waals surface area contributed by atoms with Crippen LogP contribution < -0.4 is 5.56 Å². The highest BCUT2D eigenvalue weighted by atomic mass is 16.1. The van der Waals surface area contributed by atoms with Crippen LogP contribution >= 0.6 is 0 Å². The summed E-state index contributed by atoms with van der Waals surface area (Å²) >= 11 is 0. The lowest BCUT2D eigenvalue weighted by molar-refractivity contribution is 0.138. The molecule has 1 aliphatic heterocycles. The van der Waals surface area contributed by atoms with Gasteiger partial charge in [-0.15, -0.1) is 5.10 Å². The summed E-state index contributed by atoms with van der Waals surface area (Å²) in [6, 6.07) is 6.40. The molecule has 1 saturated carbocycles. The number of aromatic amines is 1. The molecule has 2 atom stereocenters. The highest BCUT2D eigenvalue weighted by molar-refractivity contribution is 5.83. The van der Waals surface area contributed by atoms with Crippen molar-refractivity contribution < 1.29 is 0 Å². The van der Waals surface area contributed by atoms with Crippen molar-refractivity contribution in [2.24, 2.45) is 5.92 Å². The molecule has 2 aliphatic rings. The molecule has 5 rings (SSSR count). The van der Waals surface area contributed by atoms with Crippen molar-refractivity contribution in [3.63, 3.8) is 0 Å². The Hall–Kier alpha value is -2.54. The van der Waals surface area contributed by atoms with Gasteiger partial charge in [0.15, 0.2) is 5.82 Å². The molecule has 3 aromatic rings. The van der Waals surface area contributed by atoms with Crippen LogP contribution in [-0.4, -0.2) is 43.2 Å². The first kappa shape index (κ1) is 21.3. The molecule has 1 saturated heterocycles. The molecule has 1 aromatic carbocycles. The van der Waals surface area contributed by atoms with Crippen LogP contribution in [-0.2, 0) is 0 Å². The Balaban J connectivity index is 1.65. The van der Waals surface area contributed by atoms with Crippen LogP contribution in [0.3, 0.4) is 0 Å². The summed E-state index contributed by atoms with van der Waals surface area (Å²) in [7, 11) is 0. The van der Waals surface area contributed by atoms with Crippen molar-refractivity contribution in [2.45, 2.75) is 77.8 Å². The number of hydrogen-bond donors (Lipinski definition) is 1. The molecular weight excluding hydrogens is 400 g/mol. The first-order valence-electron chi connectivity index (χ1n) is 12.2. The Morgan fingerprint density at radius 3 is 2.69 bits per heavy atom. The molecule has 0 spiro atoms. The molecule has 1 N–H and O–H groups in total. The molecule has 7 nitrogen and oxygen atoms in total. The van der Waals surface area contributed by atoms with Gasteiger partial charge in [-0.25, -0.2) is 4.68 Å². The first-order chi connectivity index (χ1) is 15.5. The predicted molar refractivity (Wildman–Crippen MR) is 126 cm³/mol. The summed E-state index contributed by atoms with van der Waals surface area (Å²) in [5.74, 6) is 1.41. The van der Waals surface area contributed by atoms with Gasteiger partial charge in [0, 0.05) is 12.1 Å². The SMILES string of the molecule is Cc1ccc2cc([C@@H](c3nnnn3C3CCCCC3)N3CCC[C@H](C)C3)c(=O)[nH]c2c1C. The van der Waals surface area contributed by atoms with Crippen LogP contribution in [0.25, 0.3) is 10.9 Å². The van der Waals surface area contributed by atoms with E-state index in [2.05, 4.69) is 64.4 Å². The number of hydrogen-bond acceptors (Lipinski definition) is 5. The molecule has 0 radical (unpaired) electrons. The van der Waals surface area contributed by atoms with E-state index in [9.17, 15) is 4.79 Å². The molecule has 1 aliphatic carbocycles. The van der Waals surface area contributed by atoms with E-state index in [0.29, 0.717) is 12.0 Å². The fourth-order valence-electron chi connectivity index (χ4n) is 5.67. The van der Waals surface area contributed by atoms with Gasteiger partial charge >= 0.3 is 0 Å². The molecule has 3 heterocycles. The fourth-order valence-corrected chi connectivity index (χ4v) is 5.67. The Kier molecular flexibility index (Phi) is 5.84. The largest absolute Gasteiger partial charge is 0.321 e. The number of aromatic nitrogens is 5. The van der Waals surface area contributed by atoms with Crippen molar-refractivity contribution in [1.29, 1.82) is 0 Å². The summed E-state index contributed by atoms with van der Waals surface area (Å²) in [6.07, 6.45) is 8.27. The Morgan fingerprint density at radius 2 is 1.91 bits per heavy atom. The number of rotatable bonds is 4. The van der Waals surface area contributed by atoms with E-state index in [0.717, 1.165) is 60.2 Å². The highest BCUT2D eigenvalue weighted by Crippen LogP contribution is 2.35. The zero-order valence-corrected chi connectivity index (χ0v) is 19.5. The molecule has 170 valence electrons. The fraction of sp³-hybridized carbons (Fsp3) is 0.600. The second-order valence-electron chi connectivity index (χ2n) is 9.94. The van der Waals surface area contributed by atoms with E-state index in [-0.39, 0.29) is 11.6 Å². The van der Waals surface area contributed by atoms with Crippen molar-refractivity contribution in [3.8, 4) is 0 Å². The average Bonchev–Trinajstić information content (AvgIpc) is 3.28. The lowest BCUT2D eigenvalue weighted by Gasteiger charge is -2.37. The van der Waals surface area contributed by atoms with Gasteiger partial charge in [0.2, 0.25) is 0 Å². The van der Waals surface area contributed by atoms with Crippen LogP contribution in [0.5, 0.6) is 0 Å². The Morgan fingerprint density at radius 1 is 1.09 bits per heavy atom. The summed E-state index contributed by atoms with van der Waals surface area (Å²) in [6.45, 7) is 8.35. The van der Waals surface area contributed by atoms with Gasteiger partial charge < -0.3 is 4.98 Å². The standard InChI is InChI=1S/C25H34N6O/c1-16-8-7-13-30(15-16)23(24-27-28-29-31(24)20-9-5-4-6-10-20)21-14-19-12-11-17(2)18(3)22(19)26-25(21)32/h11-12,14,16,20,23H,4-10,13,15H2,1-3H3,(H,26,32)/t16-,23-/m0/s1. The molecule has 0 bridgehead atoms. The number of aryl methyl sites for hydroxylation is 2. The second-order valence-corrected chi connectivity index (χ2v) is 9.94. The molecular formula is C25H34N6O. The summed E-state index contributed by atoms with van der Waals surface area (Å²) in [5.41, 5.74) is 3.95. The van der Waals surface area contributed by atoms with Crippen LogP contribution in [0.15, 0.2) is 23.0 Å². The van der Waals surface area contributed by atoms with Crippen molar-refractivity contribution in [3.05, 3.63) is 51.1 Å². The van der Waals surface area contributed by atoms with Crippen LogP contribution in [0.2, 0.25) is 0 Å². The summed E-state index contributed by atoms with van der Waals surface area (Å²) in [4.78, 5) is 19.1. The quantitative estimate of drug-likeness (QED) is 0.656. The minimum absolute atomic E-state index is 0.0346. The van der Waals surface area contributed by atoms with Gasteiger partial charge in [-0.05, 0) is 85.0 Å². The second kappa shape index (κ2) is 8.77. The normalized spacial score (nSPS) is 21.8. The van der Waals surface area contributed by atoms with Gasteiger partial charge in [-0.1, -0.05) is 38.3 Å². The Labute approximate surface area is 189 Å². The predicted octanol–water partition coefficient (Wildman–Crippen LogP) is 4.46. The number of benzene rings is 1. The van der Waals surface area contributed by atoms with Crippen LogP contribution in [0.4, 0.5) is 0 Å². The average molecular weight is 435 g/mol. The van der Waals surface area contributed by atoms with E-state index in [4.69, 9.17) is 0 Å². The van der Waals surface area contributed by atoms with Gasteiger partial charge in [-0.2, -0.15) is 0 Å². The van der Waals surface area contributed by atoms with Crippen LogP contribution in [0.1, 0.15) is 86.5 Å². The lowest BCUT2D eigenvalue weighted by Crippen LogP contribution is -2.41. The monoisotopic (exact) mass is 434 g/mol. The van der Waals surface area contributed by atoms with Crippen LogP contribution in [0, 0.1) is 19.8 Å². The minimum Gasteiger partial charge on any atom is -0.321 e. The zero-order chi connectivity index (χ0) is 22.2. The topological polar surface area (TPSA) is 79.7 Å². The van der Waals surface area contributed by atoms with Crippen molar-refractivity contribution in [1.82, 2.24) is 30.1 Å².